The molecule has 0 atom stereocenters. The maximum atomic E-state index is 11.9. The van der Waals surface area contributed by atoms with Gasteiger partial charge in [-0.3, -0.25) is 9.78 Å². The first-order chi connectivity index (χ1) is 9.26. The van der Waals surface area contributed by atoms with E-state index in [-0.39, 0.29) is 12.2 Å². The van der Waals surface area contributed by atoms with Crippen LogP contribution < -0.4 is 10.9 Å². The minimum atomic E-state index is -0.232. The summed E-state index contributed by atoms with van der Waals surface area (Å²) in [6, 6.07) is 0. The highest BCUT2D eigenvalue weighted by Crippen LogP contribution is 2.09. The van der Waals surface area contributed by atoms with Crippen molar-refractivity contribution >= 4 is 17.1 Å². The van der Waals surface area contributed by atoms with Gasteiger partial charge >= 0.3 is 0 Å². The average molecular weight is 265 g/mol. The first-order valence-electron chi connectivity index (χ1n) is 6.56. The van der Waals surface area contributed by atoms with Gasteiger partial charge in [-0.05, 0) is 19.3 Å². The van der Waals surface area contributed by atoms with Crippen LogP contribution in [0.1, 0.15) is 26.2 Å². The van der Waals surface area contributed by atoms with E-state index in [0.29, 0.717) is 23.7 Å². The predicted octanol–water partition coefficient (Wildman–Crippen LogP) is 0.714. The van der Waals surface area contributed by atoms with Crippen molar-refractivity contribution < 1.29 is 5.11 Å². The lowest BCUT2D eigenvalue weighted by molar-refractivity contribution is 0.281. The Balaban J connectivity index is 2.28. The van der Waals surface area contributed by atoms with Crippen molar-refractivity contribution in [2.75, 3.05) is 18.5 Å². The third kappa shape index (κ3) is 3.11. The van der Waals surface area contributed by atoms with Crippen LogP contribution in [0.5, 0.6) is 0 Å². The topological polar surface area (TPSA) is 95.8 Å². The number of imidazole rings is 1. The number of hydrogen-bond acceptors (Lipinski definition) is 5. The van der Waals surface area contributed by atoms with Crippen LogP contribution in [0.15, 0.2) is 11.1 Å². The molecule has 0 aliphatic carbocycles. The highest BCUT2D eigenvalue weighted by atomic mass is 16.2. The van der Waals surface area contributed by atoms with Gasteiger partial charge in [-0.1, -0.05) is 6.92 Å². The summed E-state index contributed by atoms with van der Waals surface area (Å²) in [5.74, 6) is 0.475. The number of anilines is 1. The smallest absolute Gasteiger partial charge is 0.280 e. The summed E-state index contributed by atoms with van der Waals surface area (Å²) in [5, 5.41) is 11.9. The first kappa shape index (κ1) is 13.5. The lowest BCUT2D eigenvalue weighted by Crippen LogP contribution is -2.14. The van der Waals surface area contributed by atoms with Gasteiger partial charge in [0, 0.05) is 19.7 Å². The third-order valence-electron chi connectivity index (χ3n) is 2.82. The van der Waals surface area contributed by atoms with Gasteiger partial charge in [-0.15, -0.1) is 0 Å². The van der Waals surface area contributed by atoms with E-state index in [0.717, 1.165) is 25.8 Å². The number of H-pyrrole nitrogens is 1. The van der Waals surface area contributed by atoms with Crippen LogP contribution in [0.3, 0.4) is 0 Å². The molecule has 7 nitrogen and oxygen atoms in total. The largest absolute Gasteiger partial charge is 0.396 e. The molecule has 2 heterocycles. The Kier molecular flexibility index (Phi) is 4.51. The number of nitrogens with zero attached hydrogens (tertiary/aromatic N) is 3. The van der Waals surface area contributed by atoms with Gasteiger partial charge in [0.2, 0.25) is 5.95 Å². The third-order valence-corrected chi connectivity index (χ3v) is 2.82. The van der Waals surface area contributed by atoms with Crippen molar-refractivity contribution in [3.05, 3.63) is 16.7 Å². The molecular weight excluding hydrogens is 246 g/mol. The highest BCUT2D eigenvalue weighted by Gasteiger charge is 2.09. The number of hydrogen-bond donors (Lipinski definition) is 3. The Morgan fingerprint density at radius 1 is 1.47 bits per heavy atom. The molecule has 19 heavy (non-hydrogen) atoms. The number of nitrogens with one attached hydrogen (secondary N) is 2. The number of rotatable bonds is 7. The Morgan fingerprint density at radius 3 is 3.05 bits per heavy atom. The Morgan fingerprint density at radius 2 is 2.32 bits per heavy atom. The van der Waals surface area contributed by atoms with Crippen molar-refractivity contribution in [1.29, 1.82) is 0 Å². The van der Waals surface area contributed by atoms with Crippen molar-refractivity contribution in [2.45, 2.75) is 32.7 Å². The van der Waals surface area contributed by atoms with E-state index < -0.39 is 0 Å². The normalized spacial score (nSPS) is 11.1. The van der Waals surface area contributed by atoms with Gasteiger partial charge in [0.05, 0.1) is 6.33 Å². The molecule has 7 heteroatoms. The maximum absolute atomic E-state index is 11.9. The van der Waals surface area contributed by atoms with E-state index >= 15 is 0 Å². The van der Waals surface area contributed by atoms with Crippen LogP contribution >= 0.6 is 0 Å². The molecule has 2 aromatic rings. The quantitative estimate of drug-likeness (QED) is 0.641. The van der Waals surface area contributed by atoms with Crippen molar-refractivity contribution in [3.8, 4) is 0 Å². The molecule has 0 aliphatic rings. The molecule has 2 aromatic heterocycles. The van der Waals surface area contributed by atoms with Gasteiger partial charge in [-0.2, -0.15) is 4.98 Å². The molecule has 0 aliphatic heterocycles. The molecule has 2 rings (SSSR count). The van der Waals surface area contributed by atoms with E-state index in [2.05, 4.69) is 20.3 Å². The fourth-order valence-corrected chi connectivity index (χ4v) is 1.84. The zero-order valence-corrected chi connectivity index (χ0v) is 11.0. The van der Waals surface area contributed by atoms with Gasteiger partial charge in [0.15, 0.2) is 11.2 Å². The fourth-order valence-electron chi connectivity index (χ4n) is 1.84. The molecule has 0 fully saturated rings. The van der Waals surface area contributed by atoms with Crippen molar-refractivity contribution in [3.63, 3.8) is 0 Å². The van der Waals surface area contributed by atoms with Crippen LogP contribution in [-0.4, -0.2) is 37.8 Å². The molecule has 3 N–H and O–H groups in total. The van der Waals surface area contributed by atoms with Gasteiger partial charge in [0.1, 0.15) is 0 Å². The van der Waals surface area contributed by atoms with E-state index in [1.807, 2.05) is 11.5 Å². The Bertz CT molecular complexity index is 589. The Labute approximate surface area is 110 Å². The number of aromatic nitrogens is 4. The molecular formula is C12H19N5O2. The first-order valence-corrected chi connectivity index (χ1v) is 6.56. The molecule has 0 amide bonds. The van der Waals surface area contributed by atoms with E-state index in [9.17, 15) is 4.79 Å². The second-order valence-electron chi connectivity index (χ2n) is 4.38. The van der Waals surface area contributed by atoms with Crippen LogP contribution in [0, 0.1) is 0 Å². The molecule has 0 unspecified atom stereocenters. The second-order valence-corrected chi connectivity index (χ2v) is 4.38. The zero-order valence-electron chi connectivity index (χ0n) is 11.0. The minimum absolute atomic E-state index is 0.171. The summed E-state index contributed by atoms with van der Waals surface area (Å²) >= 11 is 0. The molecule has 0 spiro atoms. The predicted molar refractivity (Wildman–Crippen MR) is 73.2 cm³/mol. The standard InChI is InChI=1S/C12H19N5O2/c1-2-5-13-12-15-10-9(11(19)16-12)14-8-17(10)6-3-4-7-18/h8,18H,2-7H2,1H3,(H2,13,15,16,19). The van der Waals surface area contributed by atoms with Crippen molar-refractivity contribution in [1.82, 2.24) is 19.5 Å². The number of fused-ring (bicyclic) bond motifs is 1. The average Bonchev–Trinajstić information content (AvgIpc) is 2.81. The van der Waals surface area contributed by atoms with E-state index in [4.69, 9.17) is 5.11 Å². The minimum Gasteiger partial charge on any atom is -0.396 e. The zero-order chi connectivity index (χ0) is 13.7. The van der Waals surface area contributed by atoms with Crippen LogP contribution in [-0.2, 0) is 6.54 Å². The summed E-state index contributed by atoms with van der Waals surface area (Å²) in [4.78, 5) is 23.0. The molecule has 0 aromatic carbocycles. The summed E-state index contributed by atoms with van der Waals surface area (Å²) in [6.45, 7) is 3.67. The summed E-state index contributed by atoms with van der Waals surface area (Å²) in [7, 11) is 0. The molecule has 0 radical (unpaired) electrons. The van der Waals surface area contributed by atoms with Crippen molar-refractivity contribution in [2.24, 2.45) is 0 Å². The van der Waals surface area contributed by atoms with E-state index in [1.165, 1.54) is 0 Å². The lowest BCUT2D eigenvalue weighted by atomic mass is 10.3. The van der Waals surface area contributed by atoms with Crippen LogP contribution in [0.25, 0.3) is 11.2 Å². The van der Waals surface area contributed by atoms with Gasteiger partial charge < -0.3 is 15.0 Å². The molecule has 0 saturated heterocycles. The highest BCUT2D eigenvalue weighted by molar-refractivity contribution is 5.70. The fraction of sp³-hybridized carbons (Fsp3) is 0.583. The second kappa shape index (κ2) is 6.33. The number of aliphatic hydroxyl groups excluding tert-OH is 1. The summed E-state index contributed by atoms with van der Waals surface area (Å²) in [5.41, 5.74) is 0.704. The maximum Gasteiger partial charge on any atom is 0.280 e. The summed E-state index contributed by atoms with van der Waals surface area (Å²) in [6.07, 6.45) is 4.13. The summed E-state index contributed by atoms with van der Waals surface area (Å²) < 4.78 is 1.84. The number of aliphatic hydroxyl groups is 1. The lowest BCUT2D eigenvalue weighted by Gasteiger charge is -2.05. The van der Waals surface area contributed by atoms with Gasteiger partial charge in [0.25, 0.3) is 5.56 Å². The van der Waals surface area contributed by atoms with Crippen LogP contribution in [0.4, 0.5) is 5.95 Å². The van der Waals surface area contributed by atoms with Crippen LogP contribution in [0.2, 0.25) is 0 Å². The number of aryl methyl sites for hydroxylation is 1. The Hall–Kier alpha value is -1.89. The molecule has 104 valence electrons. The number of unbranched alkanes of at least 4 members (excludes halogenated alkanes) is 1. The SMILES string of the molecule is CCCNc1nc2c(ncn2CCCCO)c(=O)[nH]1. The molecule has 0 saturated carbocycles. The van der Waals surface area contributed by atoms with E-state index in [1.54, 1.807) is 6.33 Å². The monoisotopic (exact) mass is 265 g/mol. The number of aromatic amines is 1. The molecule has 0 bridgehead atoms. The van der Waals surface area contributed by atoms with Gasteiger partial charge in [-0.25, -0.2) is 4.98 Å².